The molecule has 0 heterocycles. The molecule has 1 aliphatic rings. The molecule has 0 saturated heterocycles. The third-order valence-electron chi connectivity index (χ3n) is 4.44. The van der Waals surface area contributed by atoms with Crippen molar-refractivity contribution in [3.05, 3.63) is 35.9 Å². The molecule has 2 N–H and O–H groups in total. The van der Waals surface area contributed by atoms with Crippen molar-refractivity contribution < 1.29 is 5.11 Å². The summed E-state index contributed by atoms with van der Waals surface area (Å²) in [5, 5.41) is 14.1. The highest BCUT2D eigenvalue weighted by molar-refractivity contribution is 5.19. The molecule has 0 aromatic heterocycles. The van der Waals surface area contributed by atoms with Crippen LogP contribution in [0.4, 0.5) is 0 Å². The maximum atomic E-state index is 10.3. The number of unbranched alkanes of at least 4 members (excludes halogenated alkanes) is 1. The van der Waals surface area contributed by atoms with Crippen LogP contribution in [-0.4, -0.2) is 17.3 Å². The molecule has 0 bridgehead atoms. The maximum absolute atomic E-state index is 10.3. The van der Waals surface area contributed by atoms with Crippen molar-refractivity contribution in [1.82, 2.24) is 5.32 Å². The molecule has 1 aliphatic carbocycles. The summed E-state index contributed by atoms with van der Waals surface area (Å²) >= 11 is 0. The molecule has 0 aliphatic heterocycles. The Morgan fingerprint density at radius 2 is 1.90 bits per heavy atom. The highest BCUT2D eigenvalue weighted by Gasteiger charge is 2.24. The number of rotatable bonds is 6. The van der Waals surface area contributed by atoms with Crippen molar-refractivity contribution in [2.45, 2.75) is 76.5 Å². The fourth-order valence-electron chi connectivity index (χ4n) is 3.18. The van der Waals surface area contributed by atoms with Gasteiger partial charge in [-0.25, -0.2) is 0 Å². The Labute approximate surface area is 123 Å². The zero-order valence-electron chi connectivity index (χ0n) is 12.7. The third-order valence-corrected chi connectivity index (χ3v) is 4.44. The fourth-order valence-corrected chi connectivity index (χ4v) is 3.18. The Balaban J connectivity index is 2.02. The summed E-state index contributed by atoms with van der Waals surface area (Å²) in [4.78, 5) is 0. The van der Waals surface area contributed by atoms with Crippen LogP contribution >= 0.6 is 0 Å². The zero-order chi connectivity index (χ0) is 14.2. The summed E-state index contributed by atoms with van der Waals surface area (Å²) in [5.41, 5.74) is 1.36. The molecule has 3 atom stereocenters. The average molecular weight is 275 g/mol. The highest BCUT2D eigenvalue weighted by Crippen LogP contribution is 2.24. The van der Waals surface area contributed by atoms with Crippen LogP contribution in [0.2, 0.25) is 0 Å². The van der Waals surface area contributed by atoms with Crippen LogP contribution in [0.15, 0.2) is 30.3 Å². The summed E-state index contributed by atoms with van der Waals surface area (Å²) in [6.45, 7) is 2.24. The molecule has 2 nitrogen and oxygen atoms in total. The molecular weight excluding hydrogens is 246 g/mol. The van der Waals surface area contributed by atoms with Crippen LogP contribution < -0.4 is 5.32 Å². The number of aliphatic hydroxyl groups excluding tert-OH is 1. The first-order valence-corrected chi connectivity index (χ1v) is 8.30. The average Bonchev–Trinajstić information content (AvgIpc) is 2.69. The number of hydrogen-bond donors (Lipinski definition) is 2. The van der Waals surface area contributed by atoms with Crippen LogP contribution in [0, 0.1) is 0 Å². The van der Waals surface area contributed by atoms with E-state index in [1.165, 1.54) is 37.7 Å². The topological polar surface area (TPSA) is 32.3 Å². The van der Waals surface area contributed by atoms with E-state index in [4.69, 9.17) is 0 Å². The second-order valence-electron chi connectivity index (χ2n) is 6.08. The normalized spacial score (nSPS) is 25.1. The van der Waals surface area contributed by atoms with Gasteiger partial charge in [-0.3, -0.25) is 0 Å². The van der Waals surface area contributed by atoms with E-state index in [0.29, 0.717) is 6.04 Å². The lowest BCUT2D eigenvalue weighted by molar-refractivity contribution is 0.112. The smallest absolute Gasteiger partial charge is 0.0693 e. The summed E-state index contributed by atoms with van der Waals surface area (Å²) in [5.74, 6) is 0. The lowest BCUT2D eigenvalue weighted by atomic mass is 9.97. The van der Waals surface area contributed by atoms with Gasteiger partial charge in [-0.15, -0.1) is 0 Å². The van der Waals surface area contributed by atoms with Crippen molar-refractivity contribution in [3.63, 3.8) is 0 Å². The van der Waals surface area contributed by atoms with E-state index in [1.54, 1.807) is 0 Å². The molecule has 3 unspecified atom stereocenters. The number of hydrogen-bond acceptors (Lipinski definition) is 2. The van der Waals surface area contributed by atoms with Crippen LogP contribution in [0.1, 0.15) is 69.9 Å². The Morgan fingerprint density at radius 1 is 1.15 bits per heavy atom. The lowest BCUT2D eigenvalue weighted by Crippen LogP contribution is -2.41. The Bertz CT molecular complexity index is 365. The van der Waals surface area contributed by atoms with Crippen LogP contribution in [-0.2, 0) is 0 Å². The van der Waals surface area contributed by atoms with Gasteiger partial charge in [0, 0.05) is 12.1 Å². The van der Waals surface area contributed by atoms with E-state index in [1.807, 2.05) is 0 Å². The second kappa shape index (κ2) is 8.43. The molecule has 0 amide bonds. The number of aliphatic hydroxyl groups is 1. The van der Waals surface area contributed by atoms with Gasteiger partial charge in [0.15, 0.2) is 0 Å². The van der Waals surface area contributed by atoms with Crippen molar-refractivity contribution in [2.75, 3.05) is 0 Å². The van der Waals surface area contributed by atoms with Gasteiger partial charge in [0.05, 0.1) is 6.10 Å². The van der Waals surface area contributed by atoms with E-state index in [-0.39, 0.29) is 12.1 Å². The fraction of sp³-hybridized carbons (Fsp3) is 0.667. The second-order valence-corrected chi connectivity index (χ2v) is 6.08. The SMILES string of the molecule is CCCCC(NC1CCCCCC1O)c1ccccc1. The Hall–Kier alpha value is -0.860. The van der Waals surface area contributed by atoms with Gasteiger partial charge < -0.3 is 10.4 Å². The van der Waals surface area contributed by atoms with Crippen LogP contribution in [0.25, 0.3) is 0 Å². The predicted octanol–water partition coefficient (Wildman–Crippen LogP) is 4.20. The largest absolute Gasteiger partial charge is 0.392 e. The van der Waals surface area contributed by atoms with Crippen molar-refractivity contribution >= 4 is 0 Å². The molecule has 2 heteroatoms. The van der Waals surface area contributed by atoms with E-state index < -0.39 is 0 Å². The minimum Gasteiger partial charge on any atom is -0.392 e. The Kier molecular flexibility index (Phi) is 6.55. The van der Waals surface area contributed by atoms with E-state index in [0.717, 1.165) is 19.3 Å². The summed E-state index contributed by atoms with van der Waals surface area (Å²) in [6, 6.07) is 11.3. The van der Waals surface area contributed by atoms with Gasteiger partial charge >= 0.3 is 0 Å². The van der Waals surface area contributed by atoms with Gasteiger partial charge in [-0.2, -0.15) is 0 Å². The van der Waals surface area contributed by atoms with E-state index >= 15 is 0 Å². The highest BCUT2D eigenvalue weighted by atomic mass is 16.3. The molecule has 112 valence electrons. The minimum absolute atomic E-state index is 0.176. The van der Waals surface area contributed by atoms with E-state index in [9.17, 15) is 5.11 Å². The summed E-state index contributed by atoms with van der Waals surface area (Å²) in [7, 11) is 0. The third kappa shape index (κ3) is 4.60. The molecule has 1 aromatic carbocycles. The van der Waals surface area contributed by atoms with Crippen molar-refractivity contribution in [1.29, 1.82) is 0 Å². The quantitative estimate of drug-likeness (QED) is 0.763. The summed E-state index contributed by atoms with van der Waals surface area (Å²) < 4.78 is 0. The first-order valence-electron chi connectivity index (χ1n) is 8.30. The first kappa shape index (κ1) is 15.5. The van der Waals surface area contributed by atoms with E-state index in [2.05, 4.69) is 42.6 Å². The molecule has 1 aromatic rings. The van der Waals surface area contributed by atoms with Gasteiger partial charge in [0.2, 0.25) is 0 Å². The van der Waals surface area contributed by atoms with Gasteiger partial charge in [-0.05, 0) is 24.8 Å². The molecular formula is C18H29NO. The Morgan fingerprint density at radius 3 is 2.65 bits per heavy atom. The van der Waals surface area contributed by atoms with Gasteiger partial charge in [0.25, 0.3) is 0 Å². The molecule has 20 heavy (non-hydrogen) atoms. The molecule has 0 radical (unpaired) electrons. The predicted molar refractivity (Wildman–Crippen MR) is 84.7 cm³/mol. The van der Waals surface area contributed by atoms with Gasteiger partial charge in [-0.1, -0.05) is 69.4 Å². The van der Waals surface area contributed by atoms with Crippen molar-refractivity contribution in [2.24, 2.45) is 0 Å². The molecule has 1 saturated carbocycles. The number of nitrogens with one attached hydrogen (secondary N) is 1. The lowest BCUT2D eigenvalue weighted by Gasteiger charge is -2.28. The first-order chi connectivity index (χ1) is 9.81. The maximum Gasteiger partial charge on any atom is 0.0693 e. The molecule has 2 rings (SSSR count). The van der Waals surface area contributed by atoms with Gasteiger partial charge in [0.1, 0.15) is 0 Å². The van der Waals surface area contributed by atoms with Crippen LogP contribution in [0.5, 0.6) is 0 Å². The van der Waals surface area contributed by atoms with Crippen molar-refractivity contribution in [3.8, 4) is 0 Å². The monoisotopic (exact) mass is 275 g/mol. The zero-order valence-corrected chi connectivity index (χ0v) is 12.7. The molecule has 0 spiro atoms. The number of benzene rings is 1. The minimum atomic E-state index is -0.176. The molecule has 1 fully saturated rings. The van der Waals surface area contributed by atoms with Crippen LogP contribution in [0.3, 0.4) is 0 Å². The summed E-state index contributed by atoms with van der Waals surface area (Å²) in [6.07, 6.45) is 9.17. The standard InChI is InChI=1S/C18H29NO/c1-2-3-12-16(15-10-6-4-7-11-15)19-17-13-8-5-9-14-18(17)20/h4,6-7,10-11,16-20H,2-3,5,8-9,12-14H2,1H3.